The second-order valence-corrected chi connectivity index (χ2v) is 3.23. The average Bonchev–Trinajstić information content (AvgIpc) is 2.29. The number of halogens is 1. The number of carbonyl (C=O) groups is 2. The fourth-order valence-electron chi connectivity index (χ4n) is 1.02. The van der Waals surface area contributed by atoms with Crippen molar-refractivity contribution in [3.63, 3.8) is 0 Å². The van der Waals surface area contributed by atoms with Crippen LogP contribution in [0.4, 0.5) is 10.5 Å². The number of hydrogen-bond acceptors (Lipinski definition) is 2. The summed E-state index contributed by atoms with van der Waals surface area (Å²) in [5, 5.41) is 4.56. The Kier molecular flexibility index (Phi) is 4.54. The Morgan fingerprint density at radius 3 is 2.44 bits per heavy atom. The summed E-state index contributed by atoms with van der Waals surface area (Å²) >= 11 is 5.24. The van der Waals surface area contributed by atoms with Gasteiger partial charge in [-0.3, -0.25) is 10.1 Å². The summed E-state index contributed by atoms with van der Waals surface area (Å²) < 4.78 is 0. The van der Waals surface area contributed by atoms with Gasteiger partial charge in [-0.25, -0.2) is 4.79 Å². The van der Waals surface area contributed by atoms with Crippen molar-refractivity contribution in [1.29, 1.82) is 0 Å². The molecule has 0 saturated heterocycles. The largest absolute Gasteiger partial charge is 0.325 e. The topological polar surface area (TPSA) is 58.2 Å². The third kappa shape index (κ3) is 3.74. The highest BCUT2D eigenvalue weighted by molar-refractivity contribution is 6.28. The molecule has 0 spiro atoms. The normalized spacial score (nSPS) is 9.31. The molecule has 0 aliphatic heterocycles. The van der Waals surface area contributed by atoms with Crippen LogP contribution >= 0.6 is 11.6 Å². The molecule has 2 N–H and O–H groups in total. The van der Waals surface area contributed by atoms with Gasteiger partial charge in [-0.05, 0) is 17.7 Å². The SMILES string of the molecule is C=Cc1ccc(NC(=O)NC(=O)CCl)cc1. The van der Waals surface area contributed by atoms with Crippen molar-refractivity contribution >= 4 is 35.3 Å². The van der Waals surface area contributed by atoms with E-state index in [1.165, 1.54) is 0 Å². The standard InChI is InChI=1S/C11H11ClN2O2/c1-2-8-3-5-9(6-4-8)13-11(16)14-10(15)7-12/h2-6H,1,7H2,(H2,13,14,15,16). The van der Waals surface area contributed by atoms with E-state index in [9.17, 15) is 9.59 Å². The molecular formula is C11H11ClN2O2. The number of carbonyl (C=O) groups excluding carboxylic acids is 2. The molecule has 0 radical (unpaired) electrons. The molecule has 1 aromatic carbocycles. The number of anilines is 1. The fraction of sp³-hybridized carbons (Fsp3) is 0.0909. The number of alkyl halides is 1. The predicted octanol–water partition coefficient (Wildman–Crippen LogP) is 2.22. The molecule has 0 unspecified atom stereocenters. The number of benzene rings is 1. The smallest absolute Gasteiger partial charge is 0.308 e. The van der Waals surface area contributed by atoms with Crippen LogP contribution < -0.4 is 10.6 Å². The van der Waals surface area contributed by atoms with Gasteiger partial charge in [0.25, 0.3) is 0 Å². The molecule has 1 rings (SSSR count). The van der Waals surface area contributed by atoms with Crippen LogP contribution in [0.1, 0.15) is 5.56 Å². The minimum absolute atomic E-state index is 0.247. The second-order valence-electron chi connectivity index (χ2n) is 2.96. The Balaban J connectivity index is 2.56. The maximum absolute atomic E-state index is 11.2. The highest BCUT2D eigenvalue weighted by Crippen LogP contribution is 2.09. The quantitative estimate of drug-likeness (QED) is 0.794. The molecule has 5 heteroatoms. The number of imide groups is 1. The zero-order valence-corrected chi connectivity index (χ0v) is 9.25. The van der Waals surface area contributed by atoms with E-state index in [-0.39, 0.29) is 5.88 Å². The van der Waals surface area contributed by atoms with Gasteiger partial charge < -0.3 is 5.32 Å². The first-order valence-electron chi connectivity index (χ1n) is 4.55. The maximum atomic E-state index is 11.2. The number of urea groups is 1. The van der Waals surface area contributed by atoms with Crippen LogP contribution in [0.3, 0.4) is 0 Å². The van der Waals surface area contributed by atoms with Crippen molar-refractivity contribution in [2.45, 2.75) is 0 Å². The van der Waals surface area contributed by atoms with Crippen molar-refractivity contribution < 1.29 is 9.59 Å². The zero-order chi connectivity index (χ0) is 12.0. The summed E-state index contributed by atoms with van der Waals surface area (Å²) in [7, 11) is 0. The lowest BCUT2D eigenvalue weighted by Crippen LogP contribution is -2.35. The molecule has 4 nitrogen and oxygen atoms in total. The molecule has 0 aliphatic carbocycles. The van der Waals surface area contributed by atoms with E-state index in [1.807, 2.05) is 0 Å². The van der Waals surface area contributed by atoms with Gasteiger partial charge >= 0.3 is 6.03 Å². The zero-order valence-electron chi connectivity index (χ0n) is 8.50. The van der Waals surface area contributed by atoms with Crippen molar-refractivity contribution in [3.8, 4) is 0 Å². The Labute approximate surface area is 98.3 Å². The molecule has 3 amide bonds. The monoisotopic (exact) mass is 238 g/mol. The Hall–Kier alpha value is -1.81. The molecule has 0 aliphatic rings. The summed E-state index contributed by atoms with van der Waals surface area (Å²) in [5.41, 5.74) is 1.54. The number of nitrogens with one attached hydrogen (secondary N) is 2. The first-order valence-corrected chi connectivity index (χ1v) is 5.08. The first-order chi connectivity index (χ1) is 7.65. The third-order valence-electron chi connectivity index (χ3n) is 1.78. The average molecular weight is 239 g/mol. The lowest BCUT2D eigenvalue weighted by Gasteiger charge is -2.05. The molecule has 0 bridgehead atoms. The van der Waals surface area contributed by atoms with Gasteiger partial charge in [0.2, 0.25) is 5.91 Å². The van der Waals surface area contributed by atoms with E-state index in [0.29, 0.717) is 5.69 Å². The molecule has 0 fully saturated rings. The molecular weight excluding hydrogens is 228 g/mol. The van der Waals surface area contributed by atoms with Crippen LogP contribution in [0.5, 0.6) is 0 Å². The summed E-state index contributed by atoms with van der Waals surface area (Å²) in [6.45, 7) is 3.61. The molecule has 1 aromatic rings. The lowest BCUT2D eigenvalue weighted by molar-refractivity contribution is -0.117. The van der Waals surface area contributed by atoms with E-state index in [4.69, 9.17) is 11.6 Å². The fourth-order valence-corrected chi connectivity index (χ4v) is 1.09. The van der Waals surface area contributed by atoms with Crippen LogP contribution in [0.25, 0.3) is 6.08 Å². The van der Waals surface area contributed by atoms with E-state index in [1.54, 1.807) is 30.3 Å². The van der Waals surface area contributed by atoms with Crippen LogP contribution in [-0.2, 0) is 4.79 Å². The Bertz CT molecular complexity index is 401. The van der Waals surface area contributed by atoms with Gasteiger partial charge in [-0.1, -0.05) is 24.8 Å². The first kappa shape index (κ1) is 12.3. The van der Waals surface area contributed by atoms with Crippen molar-refractivity contribution in [2.24, 2.45) is 0 Å². The highest BCUT2D eigenvalue weighted by atomic mass is 35.5. The number of hydrogen-bond donors (Lipinski definition) is 2. The number of rotatable bonds is 3. The van der Waals surface area contributed by atoms with E-state index >= 15 is 0 Å². The van der Waals surface area contributed by atoms with E-state index < -0.39 is 11.9 Å². The molecule has 16 heavy (non-hydrogen) atoms. The predicted molar refractivity (Wildman–Crippen MR) is 64.4 cm³/mol. The lowest BCUT2D eigenvalue weighted by atomic mass is 10.2. The van der Waals surface area contributed by atoms with Gasteiger partial charge in [0.05, 0.1) is 0 Å². The maximum Gasteiger partial charge on any atom is 0.325 e. The van der Waals surface area contributed by atoms with Crippen LogP contribution in [-0.4, -0.2) is 17.8 Å². The van der Waals surface area contributed by atoms with Gasteiger partial charge in [-0.2, -0.15) is 0 Å². The van der Waals surface area contributed by atoms with Crippen molar-refractivity contribution in [2.75, 3.05) is 11.2 Å². The van der Waals surface area contributed by atoms with Gasteiger partial charge in [0, 0.05) is 5.69 Å². The third-order valence-corrected chi connectivity index (χ3v) is 2.02. The van der Waals surface area contributed by atoms with Gasteiger partial charge in [0.1, 0.15) is 5.88 Å². The van der Waals surface area contributed by atoms with Crippen molar-refractivity contribution in [1.82, 2.24) is 5.32 Å². The summed E-state index contributed by atoms with van der Waals surface area (Å²) in [5.74, 6) is -0.787. The number of amides is 3. The molecule has 0 heterocycles. The van der Waals surface area contributed by atoms with Crippen LogP contribution in [0.15, 0.2) is 30.8 Å². The molecule has 0 aromatic heterocycles. The molecule has 0 atom stereocenters. The van der Waals surface area contributed by atoms with Gasteiger partial charge in [0.15, 0.2) is 0 Å². The van der Waals surface area contributed by atoms with Gasteiger partial charge in [-0.15, -0.1) is 11.6 Å². The second kappa shape index (κ2) is 5.92. The van der Waals surface area contributed by atoms with Crippen LogP contribution in [0.2, 0.25) is 0 Å². The minimum atomic E-state index is -0.600. The Morgan fingerprint density at radius 2 is 1.94 bits per heavy atom. The highest BCUT2D eigenvalue weighted by Gasteiger charge is 2.05. The Morgan fingerprint density at radius 1 is 1.31 bits per heavy atom. The summed E-state index contributed by atoms with van der Waals surface area (Å²) in [6, 6.07) is 6.42. The summed E-state index contributed by atoms with van der Waals surface area (Å²) in [4.78, 5) is 22.0. The summed E-state index contributed by atoms with van der Waals surface area (Å²) in [6.07, 6.45) is 1.70. The van der Waals surface area contributed by atoms with E-state index in [0.717, 1.165) is 5.56 Å². The van der Waals surface area contributed by atoms with Crippen molar-refractivity contribution in [3.05, 3.63) is 36.4 Å². The van der Waals surface area contributed by atoms with Crippen LogP contribution in [0, 0.1) is 0 Å². The molecule has 84 valence electrons. The minimum Gasteiger partial charge on any atom is -0.308 e. The van der Waals surface area contributed by atoms with E-state index in [2.05, 4.69) is 17.2 Å². The molecule has 0 saturated carbocycles.